The molecule has 4 aliphatic carbocycles. The van der Waals surface area contributed by atoms with Gasteiger partial charge in [0.2, 0.25) is 0 Å². The van der Waals surface area contributed by atoms with Gasteiger partial charge in [-0.25, -0.2) is 4.98 Å². The Labute approximate surface area is 109 Å². The number of nitrogens with two attached hydrogens (primary N) is 1. The van der Waals surface area contributed by atoms with Gasteiger partial charge < -0.3 is 10.7 Å². The lowest BCUT2D eigenvalue weighted by Gasteiger charge is -2.57. The van der Waals surface area contributed by atoms with Gasteiger partial charge in [0.05, 0.1) is 6.04 Å². The Bertz CT molecular complexity index is 388. The third kappa shape index (κ3) is 1.71. The molecule has 5 rings (SSSR count). The topological polar surface area (TPSA) is 54.7 Å². The van der Waals surface area contributed by atoms with Gasteiger partial charge in [-0.05, 0) is 68.1 Å². The number of aromatic amines is 1. The van der Waals surface area contributed by atoms with Crippen LogP contribution in [0.5, 0.6) is 0 Å². The van der Waals surface area contributed by atoms with Gasteiger partial charge in [0.1, 0.15) is 5.82 Å². The van der Waals surface area contributed by atoms with Crippen LogP contribution in [0.25, 0.3) is 0 Å². The first-order valence-electron chi connectivity index (χ1n) is 7.47. The molecule has 4 saturated carbocycles. The molecule has 1 aromatic rings. The van der Waals surface area contributed by atoms with Crippen molar-refractivity contribution in [3.05, 3.63) is 18.2 Å². The van der Waals surface area contributed by atoms with E-state index in [1.165, 1.54) is 38.5 Å². The maximum absolute atomic E-state index is 6.37. The van der Waals surface area contributed by atoms with E-state index in [0.717, 1.165) is 30.0 Å². The Hall–Kier alpha value is -0.830. The summed E-state index contributed by atoms with van der Waals surface area (Å²) in [6.45, 7) is 0. The van der Waals surface area contributed by atoms with Gasteiger partial charge >= 0.3 is 0 Å². The highest BCUT2D eigenvalue weighted by molar-refractivity contribution is 5.05. The van der Waals surface area contributed by atoms with E-state index in [0.29, 0.717) is 5.41 Å². The quantitative estimate of drug-likeness (QED) is 0.860. The lowest BCUT2D eigenvalue weighted by molar-refractivity contribution is -0.0608. The lowest BCUT2D eigenvalue weighted by atomic mass is 9.48. The molecule has 0 saturated heterocycles. The van der Waals surface area contributed by atoms with Gasteiger partial charge in [-0.3, -0.25) is 0 Å². The van der Waals surface area contributed by atoms with Crippen molar-refractivity contribution in [2.45, 2.75) is 51.0 Å². The number of aromatic nitrogens is 2. The minimum absolute atomic E-state index is 0.108. The second kappa shape index (κ2) is 3.83. The Morgan fingerprint density at radius 3 is 2.33 bits per heavy atom. The molecular weight excluding hydrogens is 222 g/mol. The van der Waals surface area contributed by atoms with E-state index in [-0.39, 0.29) is 6.04 Å². The molecule has 4 fully saturated rings. The molecule has 4 bridgehead atoms. The van der Waals surface area contributed by atoms with Crippen molar-refractivity contribution in [2.24, 2.45) is 28.9 Å². The molecule has 18 heavy (non-hydrogen) atoms. The smallest absolute Gasteiger partial charge is 0.123 e. The summed E-state index contributed by atoms with van der Waals surface area (Å²) in [6, 6.07) is 0.108. The Balaban J connectivity index is 1.54. The number of hydrogen-bond acceptors (Lipinski definition) is 2. The van der Waals surface area contributed by atoms with Gasteiger partial charge in [-0.15, -0.1) is 0 Å². The van der Waals surface area contributed by atoms with Crippen molar-refractivity contribution >= 4 is 0 Å². The van der Waals surface area contributed by atoms with Crippen molar-refractivity contribution in [1.82, 2.24) is 9.97 Å². The summed E-state index contributed by atoms with van der Waals surface area (Å²) in [7, 11) is 0. The summed E-state index contributed by atoms with van der Waals surface area (Å²) in [6.07, 6.45) is 13.7. The van der Waals surface area contributed by atoms with Crippen LogP contribution in [0.15, 0.2) is 12.4 Å². The molecule has 3 nitrogen and oxygen atoms in total. The molecule has 4 aliphatic rings. The Morgan fingerprint density at radius 2 is 1.83 bits per heavy atom. The van der Waals surface area contributed by atoms with E-state index in [2.05, 4.69) is 9.97 Å². The molecule has 98 valence electrons. The van der Waals surface area contributed by atoms with Crippen molar-refractivity contribution in [2.75, 3.05) is 0 Å². The summed E-state index contributed by atoms with van der Waals surface area (Å²) in [5, 5.41) is 0. The van der Waals surface area contributed by atoms with Gasteiger partial charge in [-0.1, -0.05) is 0 Å². The second-order valence-corrected chi connectivity index (χ2v) is 7.20. The first kappa shape index (κ1) is 11.0. The van der Waals surface area contributed by atoms with Crippen molar-refractivity contribution in [3.63, 3.8) is 0 Å². The van der Waals surface area contributed by atoms with E-state index in [1.54, 1.807) is 0 Å². The Morgan fingerprint density at radius 1 is 1.22 bits per heavy atom. The zero-order chi connectivity index (χ0) is 12.2. The average Bonchev–Trinajstić information content (AvgIpc) is 2.79. The molecule has 0 spiro atoms. The van der Waals surface area contributed by atoms with Crippen LogP contribution >= 0.6 is 0 Å². The average molecular weight is 245 g/mol. The van der Waals surface area contributed by atoms with Crippen LogP contribution in [-0.2, 0) is 0 Å². The number of rotatable bonds is 3. The molecular formula is C15H23N3. The molecule has 1 atom stereocenters. The van der Waals surface area contributed by atoms with Gasteiger partial charge in [0.25, 0.3) is 0 Å². The van der Waals surface area contributed by atoms with Crippen LogP contribution in [0.2, 0.25) is 0 Å². The third-order valence-corrected chi connectivity index (χ3v) is 5.69. The molecule has 1 aromatic heterocycles. The van der Waals surface area contributed by atoms with Gasteiger partial charge in [0, 0.05) is 12.4 Å². The maximum Gasteiger partial charge on any atom is 0.123 e. The number of nitrogens with one attached hydrogen (secondary N) is 1. The largest absolute Gasteiger partial charge is 0.347 e. The summed E-state index contributed by atoms with van der Waals surface area (Å²) in [5.41, 5.74) is 6.92. The highest BCUT2D eigenvalue weighted by Gasteiger charge is 2.51. The summed E-state index contributed by atoms with van der Waals surface area (Å²) >= 11 is 0. The summed E-state index contributed by atoms with van der Waals surface area (Å²) in [4.78, 5) is 7.52. The molecule has 0 aromatic carbocycles. The van der Waals surface area contributed by atoms with E-state index >= 15 is 0 Å². The first-order valence-corrected chi connectivity index (χ1v) is 7.47. The van der Waals surface area contributed by atoms with Gasteiger partial charge in [-0.2, -0.15) is 0 Å². The number of imidazole rings is 1. The summed E-state index contributed by atoms with van der Waals surface area (Å²) in [5.74, 6) is 4.02. The van der Waals surface area contributed by atoms with E-state index < -0.39 is 0 Å². The molecule has 0 aliphatic heterocycles. The first-order chi connectivity index (χ1) is 8.72. The van der Waals surface area contributed by atoms with Crippen LogP contribution in [0.3, 0.4) is 0 Å². The number of nitrogens with zero attached hydrogens (tertiary/aromatic N) is 1. The second-order valence-electron chi connectivity index (χ2n) is 7.20. The van der Waals surface area contributed by atoms with E-state index in [9.17, 15) is 0 Å². The van der Waals surface area contributed by atoms with Crippen LogP contribution in [0, 0.1) is 23.2 Å². The SMILES string of the molecule is NC(CC12CC3CC(CC(C3)C1)C2)c1ncc[nH]1. The number of hydrogen-bond donors (Lipinski definition) is 2. The lowest BCUT2D eigenvalue weighted by Crippen LogP contribution is -2.47. The molecule has 3 heteroatoms. The van der Waals surface area contributed by atoms with E-state index in [1.807, 2.05) is 12.4 Å². The van der Waals surface area contributed by atoms with Crippen LogP contribution in [0.1, 0.15) is 56.8 Å². The van der Waals surface area contributed by atoms with Crippen molar-refractivity contribution < 1.29 is 0 Å². The van der Waals surface area contributed by atoms with E-state index in [4.69, 9.17) is 5.73 Å². The zero-order valence-corrected chi connectivity index (χ0v) is 10.9. The van der Waals surface area contributed by atoms with Gasteiger partial charge in [0.15, 0.2) is 0 Å². The fourth-order valence-electron chi connectivity index (χ4n) is 5.58. The predicted molar refractivity (Wildman–Crippen MR) is 70.7 cm³/mol. The minimum atomic E-state index is 0.108. The molecule has 1 unspecified atom stereocenters. The third-order valence-electron chi connectivity index (χ3n) is 5.69. The van der Waals surface area contributed by atoms with Crippen molar-refractivity contribution in [1.29, 1.82) is 0 Å². The van der Waals surface area contributed by atoms with Crippen LogP contribution in [0.4, 0.5) is 0 Å². The molecule has 0 amide bonds. The monoisotopic (exact) mass is 245 g/mol. The van der Waals surface area contributed by atoms with Crippen LogP contribution < -0.4 is 5.73 Å². The summed E-state index contributed by atoms with van der Waals surface area (Å²) < 4.78 is 0. The molecule has 1 heterocycles. The highest BCUT2D eigenvalue weighted by Crippen LogP contribution is 2.62. The highest BCUT2D eigenvalue weighted by atomic mass is 14.9. The van der Waals surface area contributed by atoms with Crippen molar-refractivity contribution in [3.8, 4) is 0 Å². The predicted octanol–water partition coefficient (Wildman–Crippen LogP) is 3.02. The fourth-order valence-corrected chi connectivity index (χ4v) is 5.58. The minimum Gasteiger partial charge on any atom is -0.347 e. The Kier molecular flexibility index (Phi) is 2.35. The number of H-pyrrole nitrogens is 1. The molecule has 0 radical (unpaired) electrons. The van der Waals surface area contributed by atoms with Crippen LogP contribution in [-0.4, -0.2) is 9.97 Å². The fraction of sp³-hybridized carbons (Fsp3) is 0.800. The molecule has 3 N–H and O–H groups in total. The standard InChI is InChI=1S/C15H23N3/c16-13(14-17-1-2-18-14)9-15-6-10-3-11(7-15)5-12(4-10)8-15/h1-2,10-13H,3-9,16H2,(H,17,18). The maximum atomic E-state index is 6.37. The normalized spacial score (nSPS) is 43.3. The zero-order valence-electron chi connectivity index (χ0n) is 10.9.